The van der Waals surface area contributed by atoms with Crippen LogP contribution in [-0.4, -0.2) is 0 Å². The van der Waals surface area contributed by atoms with E-state index in [1.54, 1.807) is 5.57 Å². The van der Waals surface area contributed by atoms with Crippen LogP contribution in [0.1, 0.15) is 126 Å². The molecule has 26 heavy (non-hydrogen) atoms. The van der Waals surface area contributed by atoms with Gasteiger partial charge in [-0.25, -0.2) is 0 Å². The number of allylic oxidation sites excluding steroid dienone is 2. The first-order chi connectivity index (χ1) is 12.2. The molecule has 0 aliphatic rings. The molecule has 0 aromatic rings. The molecule has 0 N–H and O–H groups in total. The monoisotopic (exact) mass is 364 g/mol. The zero-order valence-corrected chi connectivity index (χ0v) is 19.7. The molecule has 0 bridgehead atoms. The lowest BCUT2D eigenvalue weighted by atomic mass is 9.82. The zero-order valence-electron chi connectivity index (χ0n) is 19.7. The van der Waals surface area contributed by atoms with E-state index in [2.05, 4.69) is 61.5 Å². The van der Waals surface area contributed by atoms with Crippen molar-refractivity contribution in [3.05, 3.63) is 11.6 Å². The summed E-state index contributed by atoms with van der Waals surface area (Å²) in [5, 5.41) is 0. The fourth-order valence-electron chi connectivity index (χ4n) is 4.97. The molecule has 0 radical (unpaired) electrons. The Morgan fingerprint density at radius 3 is 1.69 bits per heavy atom. The van der Waals surface area contributed by atoms with Crippen LogP contribution in [0.2, 0.25) is 0 Å². The number of rotatable bonds is 16. The van der Waals surface area contributed by atoms with Crippen LogP contribution in [0.25, 0.3) is 0 Å². The topological polar surface area (TPSA) is 0 Å². The van der Waals surface area contributed by atoms with E-state index in [0.29, 0.717) is 0 Å². The smallest absolute Gasteiger partial charge is 0.0297 e. The molecule has 4 atom stereocenters. The van der Waals surface area contributed by atoms with Gasteiger partial charge in [0.2, 0.25) is 0 Å². The van der Waals surface area contributed by atoms with Crippen LogP contribution in [0.15, 0.2) is 11.6 Å². The maximum atomic E-state index is 2.52. The quantitative estimate of drug-likeness (QED) is 0.189. The molecule has 0 aliphatic heterocycles. The van der Waals surface area contributed by atoms with Crippen molar-refractivity contribution in [2.24, 2.45) is 29.6 Å². The second-order valence-electron chi connectivity index (χ2n) is 10.2. The largest absolute Gasteiger partial charge is 0.0856 e. The Hall–Kier alpha value is -0.260. The minimum Gasteiger partial charge on any atom is -0.0856 e. The molecular weight excluding hydrogens is 312 g/mol. The average Bonchev–Trinajstić information content (AvgIpc) is 2.48. The summed E-state index contributed by atoms with van der Waals surface area (Å²) in [4.78, 5) is 0. The Bertz CT molecular complexity index is 338. The first-order valence-electron chi connectivity index (χ1n) is 11.9. The molecule has 0 spiro atoms. The van der Waals surface area contributed by atoms with Gasteiger partial charge in [0.1, 0.15) is 0 Å². The maximum Gasteiger partial charge on any atom is -0.0297 e. The lowest BCUT2D eigenvalue weighted by molar-refractivity contribution is 0.289. The van der Waals surface area contributed by atoms with Gasteiger partial charge in [-0.3, -0.25) is 0 Å². The molecule has 0 aliphatic carbocycles. The Morgan fingerprint density at radius 2 is 1.15 bits per heavy atom. The summed E-state index contributed by atoms with van der Waals surface area (Å²) < 4.78 is 0. The third-order valence-electron chi connectivity index (χ3n) is 5.76. The molecule has 0 fully saturated rings. The van der Waals surface area contributed by atoms with E-state index in [1.165, 1.54) is 70.6 Å². The average molecular weight is 365 g/mol. The summed E-state index contributed by atoms with van der Waals surface area (Å²) in [5.41, 5.74) is 1.62. The van der Waals surface area contributed by atoms with Gasteiger partial charge >= 0.3 is 0 Å². The Kier molecular flexibility index (Phi) is 15.6. The normalized spacial score (nSPS) is 17.3. The number of unbranched alkanes of at least 4 members (excludes halogenated alkanes) is 5. The van der Waals surface area contributed by atoms with Gasteiger partial charge in [0.25, 0.3) is 0 Å². The van der Waals surface area contributed by atoms with Crippen LogP contribution in [-0.2, 0) is 0 Å². The van der Waals surface area contributed by atoms with E-state index >= 15 is 0 Å². The van der Waals surface area contributed by atoms with E-state index in [9.17, 15) is 0 Å². The second-order valence-corrected chi connectivity index (χ2v) is 10.2. The molecule has 0 amide bonds. The lowest BCUT2D eigenvalue weighted by Gasteiger charge is -2.23. The summed E-state index contributed by atoms with van der Waals surface area (Å²) in [6, 6.07) is 0. The van der Waals surface area contributed by atoms with Crippen LogP contribution < -0.4 is 0 Å². The van der Waals surface area contributed by atoms with Crippen molar-refractivity contribution in [2.75, 3.05) is 0 Å². The molecule has 0 heterocycles. The van der Waals surface area contributed by atoms with Gasteiger partial charge in [-0.2, -0.15) is 0 Å². The van der Waals surface area contributed by atoms with E-state index in [1.807, 2.05) is 0 Å². The molecule has 0 nitrogen and oxygen atoms in total. The standard InChI is InChI=1S/C26H52/c1-9-10-11-12-13-14-15-22(4)17-24(6)19-26(8)20-25(7)18-23(5)16-21(2)3/h15,21,23-26H,9-14,16-20H2,1-8H3. The molecular formula is C26H52. The van der Waals surface area contributed by atoms with Gasteiger partial charge in [0.15, 0.2) is 0 Å². The van der Waals surface area contributed by atoms with Crippen molar-refractivity contribution >= 4 is 0 Å². The molecule has 0 aromatic carbocycles. The second kappa shape index (κ2) is 15.8. The van der Waals surface area contributed by atoms with Gasteiger partial charge in [-0.15, -0.1) is 0 Å². The highest BCUT2D eigenvalue weighted by Crippen LogP contribution is 2.28. The predicted octanol–water partition coefficient (Wildman–Crippen LogP) is 9.44. The fraction of sp³-hybridized carbons (Fsp3) is 0.923. The van der Waals surface area contributed by atoms with Gasteiger partial charge in [-0.05, 0) is 81.5 Å². The van der Waals surface area contributed by atoms with Crippen molar-refractivity contribution in [3.63, 3.8) is 0 Å². The predicted molar refractivity (Wildman–Crippen MR) is 122 cm³/mol. The van der Waals surface area contributed by atoms with Crippen molar-refractivity contribution in [3.8, 4) is 0 Å². The molecule has 0 rings (SSSR count). The minimum absolute atomic E-state index is 0.835. The highest BCUT2D eigenvalue weighted by atomic mass is 14.2. The Labute approximate surface area is 167 Å². The molecule has 0 aromatic heterocycles. The van der Waals surface area contributed by atoms with E-state index in [-0.39, 0.29) is 0 Å². The molecule has 0 saturated heterocycles. The first-order valence-corrected chi connectivity index (χ1v) is 11.9. The number of hydrogen-bond acceptors (Lipinski definition) is 0. The van der Waals surface area contributed by atoms with E-state index in [0.717, 1.165) is 29.6 Å². The van der Waals surface area contributed by atoms with Gasteiger partial charge in [0.05, 0.1) is 0 Å². The maximum absolute atomic E-state index is 2.52. The van der Waals surface area contributed by atoms with Gasteiger partial charge in [0, 0.05) is 0 Å². The Balaban J connectivity index is 3.96. The SMILES string of the molecule is CCCCCCCC=C(C)CC(C)CC(C)CC(C)CC(C)CC(C)C. The first kappa shape index (κ1) is 25.7. The molecule has 0 heteroatoms. The van der Waals surface area contributed by atoms with Gasteiger partial charge in [-0.1, -0.05) is 85.8 Å². The summed E-state index contributed by atoms with van der Waals surface area (Å²) >= 11 is 0. The van der Waals surface area contributed by atoms with Crippen molar-refractivity contribution < 1.29 is 0 Å². The third kappa shape index (κ3) is 16.0. The van der Waals surface area contributed by atoms with Crippen LogP contribution in [0.5, 0.6) is 0 Å². The van der Waals surface area contributed by atoms with Crippen molar-refractivity contribution in [1.82, 2.24) is 0 Å². The fourth-order valence-corrected chi connectivity index (χ4v) is 4.97. The Morgan fingerprint density at radius 1 is 0.654 bits per heavy atom. The highest BCUT2D eigenvalue weighted by molar-refractivity contribution is 4.98. The van der Waals surface area contributed by atoms with Crippen molar-refractivity contribution in [2.45, 2.75) is 126 Å². The highest BCUT2D eigenvalue weighted by Gasteiger charge is 2.15. The molecule has 4 unspecified atom stereocenters. The molecule has 156 valence electrons. The number of hydrogen-bond donors (Lipinski definition) is 0. The summed E-state index contributed by atoms with van der Waals surface area (Å²) in [5.74, 6) is 4.31. The van der Waals surface area contributed by atoms with E-state index in [4.69, 9.17) is 0 Å². The minimum atomic E-state index is 0.835. The summed E-state index contributed by atoms with van der Waals surface area (Å²) in [6.45, 7) is 19.2. The zero-order chi connectivity index (χ0) is 19.9. The summed E-state index contributed by atoms with van der Waals surface area (Å²) in [6.07, 6.45) is 17.7. The van der Waals surface area contributed by atoms with E-state index < -0.39 is 0 Å². The van der Waals surface area contributed by atoms with Crippen molar-refractivity contribution in [1.29, 1.82) is 0 Å². The van der Waals surface area contributed by atoms with Crippen LogP contribution >= 0.6 is 0 Å². The third-order valence-corrected chi connectivity index (χ3v) is 5.76. The van der Waals surface area contributed by atoms with Crippen LogP contribution in [0.4, 0.5) is 0 Å². The van der Waals surface area contributed by atoms with Crippen LogP contribution in [0, 0.1) is 29.6 Å². The van der Waals surface area contributed by atoms with Gasteiger partial charge < -0.3 is 0 Å². The van der Waals surface area contributed by atoms with Crippen LogP contribution in [0.3, 0.4) is 0 Å². The lowest BCUT2D eigenvalue weighted by Crippen LogP contribution is -2.11. The summed E-state index contributed by atoms with van der Waals surface area (Å²) in [7, 11) is 0. The molecule has 0 saturated carbocycles.